The number of thioether (sulfide) groups is 1. The second-order valence-electron chi connectivity index (χ2n) is 2.99. The number of halogens is 1. The highest BCUT2D eigenvalue weighted by atomic mass is 79.9. The average molecular weight is 270 g/mol. The van der Waals surface area contributed by atoms with Crippen molar-refractivity contribution in [2.75, 3.05) is 5.75 Å². The first-order valence-electron chi connectivity index (χ1n) is 4.59. The molecule has 0 spiro atoms. The average Bonchev–Trinajstić information content (AvgIpc) is 2.17. The standard InChI is InChI=1S/C11H12BrNS/c1-2-3-4-14-11-6-9(8-13)5-10(12)7-11/h5-7H,2-4H2,1H3. The van der Waals surface area contributed by atoms with Gasteiger partial charge in [-0.2, -0.15) is 5.26 Å². The van der Waals surface area contributed by atoms with Crippen LogP contribution in [0, 0.1) is 11.3 Å². The van der Waals surface area contributed by atoms with Crippen molar-refractivity contribution >= 4 is 27.7 Å². The van der Waals surface area contributed by atoms with Gasteiger partial charge in [0, 0.05) is 9.37 Å². The number of hydrogen-bond acceptors (Lipinski definition) is 2. The van der Waals surface area contributed by atoms with Crippen molar-refractivity contribution in [3.05, 3.63) is 28.2 Å². The monoisotopic (exact) mass is 269 g/mol. The summed E-state index contributed by atoms with van der Waals surface area (Å²) in [5.74, 6) is 1.12. The topological polar surface area (TPSA) is 23.8 Å². The number of hydrogen-bond donors (Lipinski definition) is 0. The van der Waals surface area contributed by atoms with Gasteiger partial charge < -0.3 is 0 Å². The maximum Gasteiger partial charge on any atom is 0.0992 e. The molecule has 1 aromatic rings. The van der Waals surface area contributed by atoms with Gasteiger partial charge >= 0.3 is 0 Å². The Labute approximate surface area is 97.6 Å². The highest BCUT2D eigenvalue weighted by molar-refractivity contribution is 9.10. The van der Waals surface area contributed by atoms with E-state index < -0.39 is 0 Å². The molecule has 14 heavy (non-hydrogen) atoms. The zero-order valence-corrected chi connectivity index (χ0v) is 10.5. The van der Waals surface area contributed by atoms with Gasteiger partial charge in [0.05, 0.1) is 11.6 Å². The first kappa shape index (κ1) is 11.6. The minimum atomic E-state index is 0.721. The zero-order chi connectivity index (χ0) is 10.4. The lowest BCUT2D eigenvalue weighted by Crippen LogP contribution is -1.81. The SMILES string of the molecule is CCCCSc1cc(Br)cc(C#N)c1. The Balaban J connectivity index is 2.68. The van der Waals surface area contributed by atoms with Crippen molar-refractivity contribution in [3.8, 4) is 6.07 Å². The van der Waals surface area contributed by atoms with Gasteiger partial charge in [-0.25, -0.2) is 0 Å². The molecule has 0 N–H and O–H groups in total. The Kier molecular flexibility index (Phi) is 5.06. The smallest absolute Gasteiger partial charge is 0.0992 e. The molecule has 0 bridgehead atoms. The van der Waals surface area contributed by atoms with Crippen LogP contribution >= 0.6 is 27.7 Å². The summed E-state index contributed by atoms with van der Waals surface area (Å²) in [6.07, 6.45) is 2.44. The summed E-state index contributed by atoms with van der Waals surface area (Å²) in [4.78, 5) is 1.17. The van der Waals surface area contributed by atoms with Crippen LogP contribution in [-0.4, -0.2) is 5.75 Å². The summed E-state index contributed by atoms with van der Waals surface area (Å²) in [6, 6.07) is 7.98. The predicted octanol–water partition coefficient (Wildman–Crippen LogP) is 4.21. The third-order valence-corrected chi connectivity index (χ3v) is 3.29. The third kappa shape index (κ3) is 3.73. The van der Waals surface area contributed by atoms with Gasteiger partial charge in [-0.3, -0.25) is 0 Å². The van der Waals surface area contributed by atoms with Crippen LogP contribution in [0.25, 0.3) is 0 Å². The van der Waals surface area contributed by atoms with E-state index in [4.69, 9.17) is 5.26 Å². The summed E-state index contributed by atoms with van der Waals surface area (Å²) >= 11 is 5.21. The normalized spacial score (nSPS) is 9.79. The van der Waals surface area contributed by atoms with E-state index in [1.54, 1.807) is 0 Å². The predicted molar refractivity (Wildman–Crippen MR) is 64.5 cm³/mol. The van der Waals surface area contributed by atoms with E-state index in [1.807, 2.05) is 23.9 Å². The van der Waals surface area contributed by atoms with Gasteiger partial charge in [0.15, 0.2) is 0 Å². The number of benzene rings is 1. The van der Waals surface area contributed by atoms with Gasteiger partial charge in [-0.15, -0.1) is 11.8 Å². The fourth-order valence-electron chi connectivity index (χ4n) is 1.04. The maximum absolute atomic E-state index is 8.78. The Morgan fingerprint density at radius 2 is 2.21 bits per heavy atom. The highest BCUT2D eigenvalue weighted by Crippen LogP contribution is 2.24. The Morgan fingerprint density at radius 1 is 1.43 bits per heavy atom. The molecule has 0 atom stereocenters. The minimum absolute atomic E-state index is 0.721. The van der Waals surface area contributed by atoms with Crippen molar-refractivity contribution in [3.63, 3.8) is 0 Å². The second kappa shape index (κ2) is 6.10. The van der Waals surface area contributed by atoms with E-state index >= 15 is 0 Å². The van der Waals surface area contributed by atoms with Gasteiger partial charge in [0.2, 0.25) is 0 Å². The lowest BCUT2D eigenvalue weighted by atomic mass is 10.2. The molecule has 0 aliphatic rings. The van der Waals surface area contributed by atoms with Crippen LogP contribution in [0.4, 0.5) is 0 Å². The Morgan fingerprint density at radius 3 is 2.86 bits per heavy atom. The molecule has 0 radical (unpaired) electrons. The molecule has 0 aromatic heterocycles. The number of nitriles is 1. The summed E-state index contributed by atoms with van der Waals surface area (Å²) in [5.41, 5.74) is 0.721. The van der Waals surface area contributed by atoms with Gasteiger partial charge in [-0.1, -0.05) is 29.3 Å². The van der Waals surface area contributed by atoms with Crippen LogP contribution in [-0.2, 0) is 0 Å². The fraction of sp³-hybridized carbons (Fsp3) is 0.364. The molecule has 0 saturated heterocycles. The van der Waals surface area contributed by atoms with Crippen LogP contribution in [0.2, 0.25) is 0 Å². The summed E-state index contributed by atoms with van der Waals surface area (Å²) in [6.45, 7) is 2.18. The molecule has 0 fully saturated rings. The molecule has 0 aliphatic carbocycles. The van der Waals surface area contributed by atoms with E-state index in [2.05, 4.69) is 35.0 Å². The van der Waals surface area contributed by atoms with E-state index in [9.17, 15) is 0 Å². The largest absolute Gasteiger partial charge is 0.192 e. The van der Waals surface area contributed by atoms with Crippen molar-refractivity contribution < 1.29 is 0 Å². The van der Waals surface area contributed by atoms with Crippen LogP contribution < -0.4 is 0 Å². The molecular weight excluding hydrogens is 258 g/mol. The van der Waals surface area contributed by atoms with Gasteiger partial charge in [0.25, 0.3) is 0 Å². The lowest BCUT2D eigenvalue weighted by Gasteiger charge is -2.01. The first-order valence-corrected chi connectivity index (χ1v) is 6.37. The lowest BCUT2D eigenvalue weighted by molar-refractivity contribution is 0.896. The summed E-state index contributed by atoms with van der Waals surface area (Å²) in [5, 5.41) is 8.78. The number of nitrogens with zero attached hydrogens (tertiary/aromatic N) is 1. The summed E-state index contributed by atoms with van der Waals surface area (Å²) < 4.78 is 0.982. The van der Waals surface area contributed by atoms with Crippen LogP contribution in [0.15, 0.2) is 27.6 Å². The third-order valence-electron chi connectivity index (χ3n) is 1.77. The van der Waals surface area contributed by atoms with E-state index in [0.29, 0.717) is 0 Å². The van der Waals surface area contributed by atoms with Crippen molar-refractivity contribution in [2.24, 2.45) is 0 Å². The molecule has 0 amide bonds. The van der Waals surface area contributed by atoms with Crippen molar-refractivity contribution in [1.29, 1.82) is 5.26 Å². The van der Waals surface area contributed by atoms with E-state index in [-0.39, 0.29) is 0 Å². The molecule has 0 heterocycles. The van der Waals surface area contributed by atoms with Crippen LogP contribution in [0.3, 0.4) is 0 Å². The molecule has 1 nitrogen and oxygen atoms in total. The molecule has 0 aliphatic heterocycles. The fourth-order valence-corrected chi connectivity index (χ4v) is 2.78. The highest BCUT2D eigenvalue weighted by Gasteiger charge is 1.99. The maximum atomic E-state index is 8.78. The molecule has 74 valence electrons. The number of rotatable bonds is 4. The Bertz CT molecular complexity index is 344. The van der Waals surface area contributed by atoms with E-state index in [0.717, 1.165) is 15.8 Å². The Hall–Kier alpha value is -0.460. The quantitative estimate of drug-likeness (QED) is 0.604. The minimum Gasteiger partial charge on any atom is -0.192 e. The van der Waals surface area contributed by atoms with E-state index in [1.165, 1.54) is 17.7 Å². The molecular formula is C11H12BrNS. The number of unbranched alkanes of at least 4 members (excludes halogenated alkanes) is 1. The summed E-state index contributed by atoms with van der Waals surface area (Å²) in [7, 11) is 0. The molecule has 1 aromatic carbocycles. The van der Waals surface area contributed by atoms with Crippen molar-refractivity contribution in [2.45, 2.75) is 24.7 Å². The van der Waals surface area contributed by atoms with Gasteiger partial charge in [-0.05, 0) is 30.4 Å². The molecule has 0 unspecified atom stereocenters. The zero-order valence-electron chi connectivity index (χ0n) is 8.09. The van der Waals surface area contributed by atoms with Crippen LogP contribution in [0.1, 0.15) is 25.3 Å². The van der Waals surface area contributed by atoms with Crippen LogP contribution in [0.5, 0.6) is 0 Å². The van der Waals surface area contributed by atoms with Crippen molar-refractivity contribution in [1.82, 2.24) is 0 Å². The molecule has 0 saturated carbocycles. The second-order valence-corrected chi connectivity index (χ2v) is 5.07. The first-order chi connectivity index (χ1) is 6.76. The molecule has 1 rings (SSSR count). The van der Waals surface area contributed by atoms with Gasteiger partial charge in [0.1, 0.15) is 0 Å². The molecule has 3 heteroatoms.